The van der Waals surface area contributed by atoms with Gasteiger partial charge in [-0.05, 0) is 61.6 Å². The van der Waals surface area contributed by atoms with E-state index < -0.39 is 5.60 Å². The van der Waals surface area contributed by atoms with Gasteiger partial charge in [0.15, 0.2) is 11.5 Å². The first-order valence-corrected chi connectivity index (χ1v) is 13.7. The van der Waals surface area contributed by atoms with E-state index in [1.807, 2.05) is 0 Å². The number of hydroxylamine groups is 3. The number of aryl methyl sites for hydroxylation is 1. The van der Waals surface area contributed by atoms with Crippen LogP contribution >= 0.6 is 0 Å². The van der Waals surface area contributed by atoms with Crippen LogP contribution in [0.4, 0.5) is 0 Å². The van der Waals surface area contributed by atoms with Gasteiger partial charge >= 0.3 is 0 Å². The van der Waals surface area contributed by atoms with Gasteiger partial charge in [-0.15, -0.1) is 0 Å². The zero-order valence-electron chi connectivity index (χ0n) is 20.7. The van der Waals surface area contributed by atoms with E-state index in [9.17, 15) is 10.3 Å². The smallest absolute Gasteiger partial charge is 0.165 e. The molecule has 1 N–H and O–H groups in total. The third kappa shape index (κ3) is 3.04. The Hall–Kier alpha value is -2.08. The first-order chi connectivity index (χ1) is 17.0. The summed E-state index contributed by atoms with van der Waals surface area (Å²) in [5, 5.41) is 25.5. The minimum absolute atomic E-state index is 0.0371. The van der Waals surface area contributed by atoms with Gasteiger partial charge in [0, 0.05) is 30.9 Å². The average Bonchev–Trinajstić information content (AvgIpc) is 3.59. The van der Waals surface area contributed by atoms with E-state index in [-0.39, 0.29) is 28.0 Å². The largest absolute Gasteiger partial charge is 0.632 e. The van der Waals surface area contributed by atoms with Gasteiger partial charge in [0.05, 0.1) is 18.5 Å². The molecule has 2 aromatic carbocycles. The Morgan fingerprint density at radius 1 is 1.11 bits per heavy atom. The van der Waals surface area contributed by atoms with Crippen molar-refractivity contribution in [1.82, 2.24) is 0 Å². The molecule has 2 unspecified atom stereocenters. The highest BCUT2D eigenvalue weighted by atomic mass is 16.6. The van der Waals surface area contributed by atoms with Crippen LogP contribution in [-0.4, -0.2) is 47.2 Å². The molecule has 3 aliphatic carbocycles. The van der Waals surface area contributed by atoms with Crippen molar-refractivity contribution in [2.45, 2.75) is 81.5 Å². The van der Waals surface area contributed by atoms with E-state index in [2.05, 4.69) is 43.3 Å². The summed E-state index contributed by atoms with van der Waals surface area (Å²) in [5.41, 5.74) is 2.85. The van der Waals surface area contributed by atoms with Gasteiger partial charge < -0.3 is 24.4 Å². The second-order valence-electron chi connectivity index (χ2n) is 12.1. The normalized spacial score (nSPS) is 38.6. The van der Waals surface area contributed by atoms with E-state index >= 15 is 0 Å². The molecule has 0 radical (unpaired) electrons. The predicted octanol–water partition coefficient (Wildman–Crippen LogP) is 5.26. The lowest BCUT2D eigenvalue weighted by molar-refractivity contribution is -0.924. The minimum atomic E-state index is -0.526. The van der Waals surface area contributed by atoms with Gasteiger partial charge in [0.25, 0.3) is 0 Å². The summed E-state index contributed by atoms with van der Waals surface area (Å²) in [6.45, 7) is 4.30. The SMILES string of the molecule is C[C@@H]1CC[C@@]2(OCCCc3ccccc3)[C@H]3Cc4ccc(O)c5c4C2(CC[N+]3([O-])CC2CC2)[C@H]1O5. The summed E-state index contributed by atoms with van der Waals surface area (Å²) in [7, 11) is 0. The van der Waals surface area contributed by atoms with E-state index in [4.69, 9.17) is 9.47 Å². The van der Waals surface area contributed by atoms with Crippen LogP contribution < -0.4 is 4.74 Å². The molecule has 2 saturated carbocycles. The lowest BCUT2D eigenvalue weighted by Gasteiger charge is -2.69. The number of aromatic hydroxyl groups is 1. The molecule has 1 saturated heterocycles. The molecule has 186 valence electrons. The highest BCUT2D eigenvalue weighted by Gasteiger charge is 2.76. The van der Waals surface area contributed by atoms with Crippen molar-refractivity contribution in [3.05, 3.63) is 64.4 Å². The van der Waals surface area contributed by atoms with Crippen molar-refractivity contribution < 1.29 is 19.2 Å². The fourth-order valence-electron chi connectivity index (χ4n) is 8.44. The molecule has 5 heteroatoms. The molecule has 5 aliphatic rings. The zero-order chi connectivity index (χ0) is 23.8. The lowest BCUT2D eigenvalue weighted by Crippen LogP contribution is -2.80. The van der Waals surface area contributed by atoms with Crippen LogP contribution in [0.2, 0.25) is 0 Å². The van der Waals surface area contributed by atoms with Crippen LogP contribution in [0.25, 0.3) is 0 Å². The van der Waals surface area contributed by atoms with Gasteiger partial charge in [-0.25, -0.2) is 0 Å². The van der Waals surface area contributed by atoms with Crippen LogP contribution in [0.3, 0.4) is 0 Å². The van der Waals surface area contributed by atoms with Crippen LogP contribution in [-0.2, 0) is 23.0 Å². The summed E-state index contributed by atoms with van der Waals surface area (Å²) in [5.74, 6) is 1.85. The first kappa shape index (κ1) is 22.1. The Labute approximate surface area is 208 Å². The molecule has 3 fully saturated rings. The molecule has 2 heterocycles. The molecule has 35 heavy (non-hydrogen) atoms. The number of piperidine rings is 1. The van der Waals surface area contributed by atoms with Gasteiger partial charge in [0.1, 0.15) is 17.7 Å². The molecule has 6 atom stereocenters. The minimum Gasteiger partial charge on any atom is -0.632 e. The average molecular weight is 476 g/mol. The second kappa shape index (κ2) is 7.71. The number of ether oxygens (including phenoxy) is 2. The standard InChI is InChI=1S/C30H37NO4/c1-20-13-14-30(34-17-5-8-21-6-3-2-4-7-21)25-18-23-11-12-24(32)27-26(23)29(30,28(20)35-27)15-16-31(25,33)19-22-9-10-22/h2-4,6-7,11-12,20,22,25,28,32H,5,8-10,13-19H2,1H3/t20-,25-,28+,29?,30-,31?/m1/s1. The van der Waals surface area contributed by atoms with Crippen molar-refractivity contribution in [2.75, 3.05) is 19.7 Å². The van der Waals surface area contributed by atoms with Crippen molar-refractivity contribution in [3.63, 3.8) is 0 Å². The molecule has 2 aliphatic heterocycles. The Bertz CT molecular complexity index is 1130. The van der Waals surface area contributed by atoms with Crippen LogP contribution in [0, 0.1) is 17.0 Å². The van der Waals surface area contributed by atoms with E-state index in [0.29, 0.717) is 30.7 Å². The molecule has 0 amide bonds. The Morgan fingerprint density at radius 2 is 1.94 bits per heavy atom. The van der Waals surface area contributed by atoms with Crippen LogP contribution in [0.15, 0.2) is 42.5 Å². The van der Waals surface area contributed by atoms with Crippen molar-refractivity contribution in [2.24, 2.45) is 11.8 Å². The molecule has 2 aromatic rings. The maximum atomic E-state index is 14.7. The summed E-state index contributed by atoms with van der Waals surface area (Å²) < 4.78 is 13.7. The summed E-state index contributed by atoms with van der Waals surface area (Å²) in [4.78, 5) is 0. The van der Waals surface area contributed by atoms with Crippen LogP contribution in [0.1, 0.15) is 62.1 Å². The summed E-state index contributed by atoms with van der Waals surface area (Å²) >= 11 is 0. The molecular formula is C30H37NO4. The van der Waals surface area contributed by atoms with Crippen molar-refractivity contribution in [1.29, 1.82) is 0 Å². The topological polar surface area (TPSA) is 61.8 Å². The molecule has 7 rings (SSSR count). The highest BCUT2D eigenvalue weighted by Crippen LogP contribution is 2.68. The summed E-state index contributed by atoms with van der Waals surface area (Å²) in [6, 6.07) is 14.3. The fraction of sp³-hybridized carbons (Fsp3) is 0.600. The molecule has 5 nitrogen and oxygen atoms in total. The zero-order valence-corrected chi connectivity index (χ0v) is 20.7. The van der Waals surface area contributed by atoms with Gasteiger partial charge in [-0.1, -0.05) is 43.3 Å². The predicted molar refractivity (Wildman–Crippen MR) is 134 cm³/mol. The maximum Gasteiger partial charge on any atom is 0.165 e. The Kier molecular flexibility index (Phi) is 4.88. The van der Waals surface area contributed by atoms with Gasteiger partial charge in [-0.3, -0.25) is 0 Å². The third-order valence-electron chi connectivity index (χ3n) is 10.1. The van der Waals surface area contributed by atoms with Crippen LogP contribution in [0.5, 0.6) is 11.5 Å². The molecule has 0 aromatic heterocycles. The first-order valence-electron chi connectivity index (χ1n) is 13.7. The number of hydrogen-bond acceptors (Lipinski definition) is 4. The third-order valence-corrected chi connectivity index (χ3v) is 10.1. The van der Waals surface area contributed by atoms with Gasteiger partial charge in [0.2, 0.25) is 0 Å². The second-order valence-corrected chi connectivity index (χ2v) is 12.1. The van der Waals surface area contributed by atoms with E-state index in [1.54, 1.807) is 6.07 Å². The molecule has 2 bridgehead atoms. The lowest BCUT2D eigenvalue weighted by atomic mass is 9.47. The van der Waals surface area contributed by atoms with E-state index in [0.717, 1.165) is 45.1 Å². The fourth-order valence-corrected chi connectivity index (χ4v) is 8.44. The van der Waals surface area contributed by atoms with E-state index in [1.165, 1.54) is 29.5 Å². The monoisotopic (exact) mass is 475 g/mol. The number of hydrogen-bond donors (Lipinski definition) is 1. The quantitative estimate of drug-likeness (QED) is 0.337. The number of nitrogens with zero attached hydrogens (tertiary/aromatic N) is 1. The Balaban J connectivity index is 1.30. The van der Waals surface area contributed by atoms with Crippen molar-refractivity contribution >= 4 is 0 Å². The van der Waals surface area contributed by atoms with Crippen molar-refractivity contribution in [3.8, 4) is 11.5 Å². The van der Waals surface area contributed by atoms with Gasteiger partial charge in [-0.2, -0.15) is 0 Å². The maximum absolute atomic E-state index is 14.7. The number of quaternary nitrogens is 1. The number of rotatable bonds is 7. The number of benzene rings is 2. The summed E-state index contributed by atoms with van der Waals surface area (Å²) in [6.07, 6.45) is 7.69. The number of phenolic OH excluding ortho intramolecular Hbond substituents is 1. The molecule has 1 spiro atoms. The number of likely N-dealkylation sites (tertiary alicyclic amines) is 1. The highest BCUT2D eigenvalue weighted by molar-refractivity contribution is 5.62. The number of phenols is 1. The molecular weight excluding hydrogens is 438 g/mol. The Morgan fingerprint density at radius 3 is 2.74 bits per heavy atom.